The normalized spacial score (nSPS) is 19.8. The highest BCUT2D eigenvalue weighted by Gasteiger charge is 2.31. The number of amides is 2. The first-order valence-electron chi connectivity index (χ1n) is 6.04. The summed E-state index contributed by atoms with van der Waals surface area (Å²) in [6, 6.07) is 4.22. The third-order valence-corrected chi connectivity index (χ3v) is 3.29. The van der Waals surface area contributed by atoms with Crippen LogP contribution in [-0.4, -0.2) is 40.0 Å². The lowest BCUT2D eigenvalue weighted by Crippen LogP contribution is -2.51. The Hall–Kier alpha value is -2.08. The summed E-state index contributed by atoms with van der Waals surface area (Å²) < 4.78 is 0. The van der Waals surface area contributed by atoms with Gasteiger partial charge in [-0.15, -0.1) is 0 Å². The quantitative estimate of drug-likeness (QED) is 0.541. The van der Waals surface area contributed by atoms with Crippen LogP contribution in [-0.2, 0) is 16.1 Å². The van der Waals surface area contributed by atoms with Crippen LogP contribution in [0.2, 0.25) is 0 Å². The highest BCUT2D eigenvalue weighted by Crippen LogP contribution is 2.28. The van der Waals surface area contributed by atoms with Crippen LogP contribution >= 0.6 is 0 Å². The minimum atomic E-state index is -0.440. The van der Waals surface area contributed by atoms with E-state index >= 15 is 0 Å². The molecule has 1 unspecified atom stereocenters. The lowest BCUT2D eigenvalue weighted by molar-refractivity contribution is -0.148. The molecular weight excluding hydrogens is 248 g/mol. The molecule has 1 fully saturated rings. The zero-order valence-electron chi connectivity index (χ0n) is 10.6. The number of piperidine rings is 1. The van der Waals surface area contributed by atoms with Gasteiger partial charge >= 0.3 is 0 Å². The van der Waals surface area contributed by atoms with Gasteiger partial charge in [0.1, 0.15) is 0 Å². The molecule has 1 heterocycles. The first kappa shape index (κ1) is 13.4. The van der Waals surface area contributed by atoms with E-state index in [1.54, 1.807) is 12.1 Å². The summed E-state index contributed by atoms with van der Waals surface area (Å²) in [7, 11) is 1.46. The first-order valence-corrected chi connectivity index (χ1v) is 6.04. The van der Waals surface area contributed by atoms with Crippen molar-refractivity contribution in [3.63, 3.8) is 0 Å². The summed E-state index contributed by atoms with van der Waals surface area (Å²) >= 11 is 0. The number of benzene rings is 1. The Morgan fingerprint density at radius 3 is 2.84 bits per heavy atom. The van der Waals surface area contributed by atoms with Crippen LogP contribution in [0.25, 0.3) is 0 Å². The number of aromatic hydroxyl groups is 2. The van der Waals surface area contributed by atoms with Crippen molar-refractivity contribution in [2.24, 2.45) is 0 Å². The number of hydrogen-bond donors (Lipinski definition) is 3. The summed E-state index contributed by atoms with van der Waals surface area (Å²) in [5.74, 6) is -0.830. The van der Waals surface area contributed by atoms with Crippen LogP contribution in [0.15, 0.2) is 18.2 Å². The SMILES string of the molecule is CN1C(=O)CCC(NCc2cccc(O)c2O)C1=O. The third-order valence-electron chi connectivity index (χ3n) is 3.29. The Morgan fingerprint density at radius 2 is 2.11 bits per heavy atom. The Balaban J connectivity index is 2.01. The van der Waals surface area contributed by atoms with E-state index in [0.717, 1.165) is 4.90 Å². The molecule has 0 radical (unpaired) electrons. The fourth-order valence-corrected chi connectivity index (χ4v) is 2.06. The molecule has 0 saturated carbocycles. The van der Waals surface area contributed by atoms with E-state index in [1.165, 1.54) is 13.1 Å². The maximum Gasteiger partial charge on any atom is 0.246 e. The van der Waals surface area contributed by atoms with Crippen molar-refractivity contribution in [3.8, 4) is 11.5 Å². The molecular formula is C13H16N2O4. The smallest absolute Gasteiger partial charge is 0.246 e. The van der Waals surface area contributed by atoms with Crippen LogP contribution in [0.3, 0.4) is 0 Å². The molecule has 0 aromatic heterocycles. The minimum absolute atomic E-state index is 0.178. The van der Waals surface area contributed by atoms with E-state index in [2.05, 4.69) is 5.32 Å². The third kappa shape index (κ3) is 2.68. The van der Waals surface area contributed by atoms with E-state index in [0.29, 0.717) is 18.4 Å². The van der Waals surface area contributed by atoms with Gasteiger partial charge in [0.05, 0.1) is 6.04 Å². The Morgan fingerprint density at radius 1 is 1.37 bits per heavy atom. The number of likely N-dealkylation sites (tertiary alicyclic amines) is 1. The highest BCUT2D eigenvalue weighted by molar-refractivity contribution is 6.00. The van der Waals surface area contributed by atoms with Crippen molar-refractivity contribution in [2.75, 3.05) is 7.05 Å². The molecule has 3 N–H and O–H groups in total. The van der Waals surface area contributed by atoms with Crippen molar-refractivity contribution in [3.05, 3.63) is 23.8 Å². The van der Waals surface area contributed by atoms with Gasteiger partial charge in [-0.3, -0.25) is 14.5 Å². The van der Waals surface area contributed by atoms with E-state index in [9.17, 15) is 19.8 Å². The molecule has 19 heavy (non-hydrogen) atoms. The highest BCUT2D eigenvalue weighted by atomic mass is 16.3. The fourth-order valence-electron chi connectivity index (χ4n) is 2.06. The molecule has 6 heteroatoms. The van der Waals surface area contributed by atoms with Crippen molar-refractivity contribution >= 4 is 11.8 Å². The van der Waals surface area contributed by atoms with Crippen molar-refractivity contribution in [2.45, 2.75) is 25.4 Å². The molecule has 1 aromatic rings. The Bertz CT molecular complexity index is 515. The van der Waals surface area contributed by atoms with Crippen LogP contribution in [0.5, 0.6) is 11.5 Å². The number of carbonyl (C=O) groups is 2. The molecule has 1 atom stereocenters. The van der Waals surface area contributed by atoms with Gasteiger partial charge in [-0.25, -0.2) is 0 Å². The summed E-state index contributed by atoms with van der Waals surface area (Å²) in [5.41, 5.74) is 0.507. The number of phenolic OH excluding ortho intramolecular Hbond substituents is 2. The van der Waals surface area contributed by atoms with Gasteiger partial charge < -0.3 is 15.5 Å². The maximum absolute atomic E-state index is 11.8. The number of carbonyl (C=O) groups excluding carboxylic acids is 2. The summed E-state index contributed by atoms with van der Waals surface area (Å²) in [6.45, 7) is 0.249. The van der Waals surface area contributed by atoms with Crippen LogP contribution in [0, 0.1) is 0 Å². The molecule has 2 rings (SSSR count). The number of phenols is 2. The second-order valence-electron chi connectivity index (χ2n) is 4.55. The standard InChI is InChI=1S/C13H16N2O4/c1-15-11(17)6-5-9(13(15)19)14-7-8-3-2-4-10(16)12(8)18/h2-4,9,14,16,18H,5-7H2,1H3. The molecule has 102 valence electrons. The van der Waals surface area contributed by atoms with Gasteiger partial charge in [0.15, 0.2) is 11.5 Å². The molecule has 1 saturated heterocycles. The summed E-state index contributed by atoms with van der Waals surface area (Å²) in [5, 5.41) is 22.0. The summed E-state index contributed by atoms with van der Waals surface area (Å²) in [4.78, 5) is 24.3. The number of nitrogens with one attached hydrogen (secondary N) is 1. The van der Waals surface area contributed by atoms with Crippen molar-refractivity contribution in [1.29, 1.82) is 0 Å². The molecule has 1 aliphatic rings. The Labute approximate surface area is 110 Å². The topological polar surface area (TPSA) is 89.9 Å². The monoisotopic (exact) mass is 264 g/mol. The molecule has 1 aromatic carbocycles. The van der Waals surface area contributed by atoms with E-state index in [4.69, 9.17) is 0 Å². The van der Waals surface area contributed by atoms with Crippen molar-refractivity contribution in [1.82, 2.24) is 10.2 Å². The zero-order chi connectivity index (χ0) is 14.0. The molecule has 6 nitrogen and oxygen atoms in total. The molecule has 2 amide bonds. The predicted molar refractivity (Wildman–Crippen MR) is 67.4 cm³/mol. The summed E-state index contributed by atoms with van der Waals surface area (Å²) in [6.07, 6.45) is 0.771. The van der Waals surface area contributed by atoms with Crippen LogP contribution in [0.1, 0.15) is 18.4 Å². The number of imide groups is 1. The average Bonchev–Trinajstić information content (AvgIpc) is 2.40. The zero-order valence-corrected chi connectivity index (χ0v) is 10.6. The second kappa shape index (κ2) is 5.27. The molecule has 0 aliphatic carbocycles. The first-order chi connectivity index (χ1) is 9.00. The fraction of sp³-hybridized carbons (Fsp3) is 0.385. The maximum atomic E-state index is 11.8. The van der Waals surface area contributed by atoms with Gasteiger partial charge in [0, 0.05) is 25.6 Å². The van der Waals surface area contributed by atoms with E-state index in [1.807, 2.05) is 0 Å². The van der Waals surface area contributed by atoms with Crippen molar-refractivity contribution < 1.29 is 19.8 Å². The van der Waals surface area contributed by atoms with Crippen LogP contribution < -0.4 is 5.32 Å². The average molecular weight is 264 g/mol. The van der Waals surface area contributed by atoms with Crippen LogP contribution in [0.4, 0.5) is 0 Å². The van der Waals surface area contributed by atoms with E-state index in [-0.39, 0.29) is 29.9 Å². The number of likely N-dealkylation sites (N-methyl/N-ethyl adjacent to an activating group) is 1. The predicted octanol–water partition coefficient (Wildman–Crippen LogP) is 0.335. The molecule has 1 aliphatic heterocycles. The number of para-hydroxylation sites is 1. The van der Waals surface area contributed by atoms with Gasteiger partial charge in [-0.05, 0) is 12.5 Å². The van der Waals surface area contributed by atoms with E-state index < -0.39 is 6.04 Å². The second-order valence-corrected chi connectivity index (χ2v) is 4.55. The lowest BCUT2D eigenvalue weighted by atomic mass is 10.0. The van der Waals surface area contributed by atoms with Gasteiger partial charge in [0.2, 0.25) is 11.8 Å². The van der Waals surface area contributed by atoms with Gasteiger partial charge in [-0.1, -0.05) is 12.1 Å². The van der Waals surface area contributed by atoms with Gasteiger partial charge in [0.25, 0.3) is 0 Å². The lowest BCUT2D eigenvalue weighted by Gasteiger charge is -2.28. The molecule has 0 bridgehead atoms. The minimum Gasteiger partial charge on any atom is -0.504 e. The molecule has 0 spiro atoms. The number of nitrogens with zero attached hydrogens (tertiary/aromatic N) is 1. The number of rotatable bonds is 3. The number of hydrogen-bond acceptors (Lipinski definition) is 5. The largest absolute Gasteiger partial charge is 0.504 e. The Kier molecular flexibility index (Phi) is 3.71. The van der Waals surface area contributed by atoms with Gasteiger partial charge in [-0.2, -0.15) is 0 Å².